The number of carboxylic acids is 1. The SMILES string of the molecule is C=CC(C(=O)O)C1CC(=O)c2c(cc3cccc(O)c3c2O)C1=O.CC. The molecule has 0 saturated heterocycles. The monoisotopic (exact) mass is 356 g/mol. The van der Waals surface area contributed by atoms with Crippen LogP contribution in [0.15, 0.2) is 36.9 Å². The molecule has 0 fully saturated rings. The van der Waals surface area contributed by atoms with E-state index in [0.29, 0.717) is 5.39 Å². The van der Waals surface area contributed by atoms with Crippen molar-refractivity contribution in [3.8, 4) is 11.5 Å². The molecule has 0 amide bonds. The number of phenols is 2. The highest BCUT2D eigenvalue weighted by atomic mass is 16.4. The van der Waals surface area contributed by atoms with Gasteiger partial charge >= 0.3 is 5.97 Å². The van der Waals surface area contributed by atoms with Crippen molar-refractivity contribution in [1.82, 2.24) is 0 Å². The van der Waals surface area contributed by atoms with Crippen LogP contribution in [0.3, 0.4) is 0 Å². The van der Waals surface area contributed by atoms with Crippen molar-refractivity contribution in [2.45, 2.75) is 20.3 Å². The first-order valence-corrected chi connectivity index (χ1v) is 8.27. The zero-order valence-corrected chi connectivity index (χ0v) is 14.5. The van der Waals surface area contributed by atoms with Crippen LogP contribution >= 0.6 is 0 Å². The molecule has 0 saturated carbocycles. The van der Waals surface area contributed by atoms with Gasteiger partial charge in [-0.25, -0.2) is 0 Å². The number of hydrogen-bond acceptors (Lipinski definition) is 5. The Morgan fingerprint density at radius 2 is 1.92 bits per heavy atom. The number of phenolic OH excluding ortho intramolecular Hbond substituents is 2. The summed E-state index contributed by atoms with van der Waals surface area (Å²) in [5.74, 6) is -5.21. The molecule has 6 nitrogen and oxygen atoms in total. The lowest BCUT2D eigenvalue weighted by atomic mass is 9.74. The van der Waals surface area contributed by atoms with Gasteiger partial charge in [-0.05, 0) is 17.5 Å². The van der Waals surface area contributed by atoms with E-state index >= 15 is 0 Å². The van der Waals surface area contributed by atoms with Crippen molar-refractivity contribution in [2.75, 3.05) is 0 Å². The summed E-state index contributed by atoms with van der Waals surface area (Å²) in [7, 11) is 0. The molecule has 2 aromatic rings. The first kappa shape index (κ1) is 19.2. The van der Waals surface area contributed by atoms with Gasteiger partial charge in [0, 0.05) is 17.9 Å². The summed E-state index contributed by atoms with van der Waals surface area (Å²) in [4.78, 5) is 36.5. The summed E-state index contributed by atoms with van der Waals surface area (Å²) in [5, 5.41) is 30.0. The molecule has 3 N–H and O–H groups in total. The summed E-state index contributed by atoms with van der Waals surface area (Å²) in [6.45, 7) is 7.43. The van der Waals surface area contributed by atoms with E-state index < -0.39 is 35.1 Å². The lowest BCUT2D eigenvalue weighted by molar-refractivity contribution is -0.141. The standard InChI is InChI=1S/C18H14O6.C2H6/c1-2-9(18(23)24)10-7-13(20)15-11(16(10)21)6-8-4-3-5-12(19)14(8)17(15)22;1-2/h2-6,9-10,19,22H,1,7H2,(H,23,24);1-2H3. The second-order valence-corrected chi connectivity index (χ2v) is 5.72. The van der Waals surface area contributed by atoms with Gasteiger partial charge in [0.25, 0.3) is 0 Å². The maximum Gasteiger partial charge on any atom is 0.311 e. The molecule has 2 unspecified atom stereocenters. The van der Waals surface area contributed by atoms with Crippen molar-refractivity contribution in [1.29, 1.82) is 0 Å². The largest absolute Gasteiger partial charge is 0.507 e. The number of aliphatic carboxylic acids is 1. The minimum absolute atomic E-state index is 0.0278. The summed E-state index contributed by atoms with van der Waals surface area (Å²) in [6, 6.07) is 5.89. The molecule has 0 aliphatic heterocycles. The van der Waals surface area contributed by atoms with Gasteiger partial charge in [-0.2, -0.15) is 0 Å². The minimum Gasteiger partial charge on any atom is -0.507 e. The molecule has 0 spiro atoms. The molecule has 3 rings (SSSR count). The van der Waals surface area contributed by atoms with Crippen molar-refractivity contribution in [3.63, 3.8) is 0 Å². The maximum absolute atomic E-state index is 12.7. The average Bonchev–Trinajstić information content (AvgIpc) is 2.61. The second kappa shape index (κ2) is 7.39. The van der Waals surface area contributed by atoms with E-state index in [4.69, 9.17) is 0 Å². The predicted molar refractivity (Wildman–Crippen MR) is 96.7 cm³/mol. The number of Topliss-reactive ketones (excluding diaryl/α,β-unsaturated/α-hetero) is 2. The predicted octanol–water partition coefficient (Wildman–Crippen LogP) is 3.55. The lowest BCUT2D eigenvalue weighted by Gasteiger charge is -2.26. The summed E-state index contributed by atoms with van der Waals surface area (Å²) < 4.78 is 0. The van der Waals surface area contributed by atoms with E-state index in [-0.39, 0.29) is 28.7 Å². The Bertz CT molecular complexity index is 912. The zero-order chi connectivity index (χ0) is 19.6. The lowest BCUT2D eigenvalue weighted by Crippen LogP contribution is -2.35. The van der Waals surface area contributed by atoms with E-state index in [1.807, 2.05) is 13.8 Å². The molecule has 2 atom stereocenters. The highest BCUT2D eigenvalue weighted by molar-refractivity contribution is 6.20. The maximum atomic E-state index is 12.7. The van der Waals surface area contributed by atoms with E-state index in [0.717, 1.165) is 6.08 Å². The number of carbonyl (C=O) groups is 3. The molecule has 0 heterocycles. The molecule has 0 radical (unpaired) electrons. The highest BCUT2D eigenvalue weighted by Gasteiger charge is 2.41. The number of fused-ring (bicyclic) bond motifs is 2. The number of carbonyl (C=O) groups excluding carboxylic acids is 2. The van der Waals surface area contributed by atoms with Crippen molar-refractivity contribution in [2.24, 2.45) is 11.8 Å². The van der Waals surface area contributed by atoms with Crippen molar-refractivity contribution >= 4 is 28.3 Å². The number of hydrogen-bond donors (Lipinski definition) is 3. The summed E-state index contributed by atoms with van der Waals surface area (Å²) >= 11 is 0. The smallest absolute Gasteiger partial charge is 0.311 e. The van der Waals surface area contributed by atoms with Gasteiger partial charge in [0.1, 0.15) is 11.5 Å². The Morgan fingerprint density at radius 3 is 2.50 bits per heavy atom. The number of ketones is 2. The fourth-order valence-corrected chi connectivity index (χ4v) is 3.21. The van der Waals surface area contributed by atoms with E-state index in [1.165, 1.54) is 12.1 Å². The average molecular weight is 356 g/mol. The third-order valence-electron chi connectivity index (χ3n) is 4.38. The number of aromatic hydroxyl groups is 2. The fraction of sp³-hybridized carbons (Fsp3) is 0.250. The van der Waals surface area contributed by atoms with Crippen molar-refractivity contribution in [3.05, 3.63) is 48.0 Å². The Kier molecular flexibility index (Phi) is 5.45. The molecule has 6 heteroatoms. The molecule has 0 bridgehead atoms. The zero-order valence-electron chi connectivity index (χ0n) is 14.5. The van der Waals surface area contributed by atoms with Gasteiger partial charge in [0.2, 0.25) is 0 Å². The van der Waals surface area contributed by atoms with E-state index in [1.54, 1.807) is 12.1 Å². The van der Waals surface area contributed by atoms with Crippen LogP contribution in [0.2, 0.25) is 0 Å². The molecular formula is C20H20O6. The number of carboxylic acid groups (broad SMARTS) is 1. The third kappa shape index (κ3) is 2.94. The van der Waals surface area contributed by atoms with Crippen LogP contribution < -0.4 is 0 Å². The van der Waals surface area contributed by atoms with Crippen LogP contribution in [0.25, 0.3) is 10.8 Å². The van der Waals surface area contributed by atoms with Crippen LogP contribution in [0.4, 0.5) is 0 Å². The summed E-state index contributed by atoms with van der Waals surface area (Å²) in [5.41, 5.74) is -0.196. The Labute approximate surface area is 150 Å². The van der Waals surface area contributed by atoms with Gasteiger partial charge in [-0.3, -0.25) is 14.4 Å². The van der Waals surface area contributed by atoms with E-state index in [9.17, 15) is 29.7 Å². The molecule has 2 aromatic carbocycles. The van der Waals surface area contributed by atoms with Crippen LogP contribution in [0.1, 0.15) is 41.0 Å². The molecule has 1 aliphatic rings. The van der Waals surface area contributed by atoms with Gasteiger partial charge in [-0.15, -0.1) is 6.58 Å². The van der Waals surface area contributed by atoms with Gasteiger partial charge in [0.15, 0.2) is 11.6 Å². The van der Waals surface area contributed by atoms with Crippen LogP contribution in [-0.2, 0) is 4.79 Å². The van der Waals surface area contributed by atoms with Gasteiger partial charge in [-0.1, -0.05) is 32.1 Å². The normalized spacial score (nSPS) is 17.1. The van der Waals surface area contributed by atoms with Crippen LogP contribution in [0, 0.1) is 11.8 Å². The number of rotatable bonds is 3. The molecule has 136 valence electrons. The second-order valence-electron chi connectivity index (χ2n) is 5.72. The molecular weight excluding hydrogens is 336 g/mol. The Balaban J connectivity index is 0.00000117. The van der Waals surface area contributed by atoms with Gasteiger partial charge in [0.05, 0.1) is 16.9 Å². The Morgan fingerprint density at radius 1 is 1.27 bits per heavy atom. The fourth-order valence-electron chi connectivity index (χ4n) is 3.21. The molecule has 1 aliphatic carbocycles. The number of benzene rings is 2. The van der Waals surface area contributed by atoms with Crippen LogP contribution in [0.5, 0.6) is 11.5 Å². The Hall–Kier alpha value is -3.15. The quantitative estimate of drug-likeness (QED) is 0.725. The van der Waals surface area contributed by atoms with Crippen LogP contribution in [-0.4, -0.2) is 32.9 Å². The van der Waals surface area contributed by atoms with E-state index in [2.05, 4.69) is 6.58 Å². The summed E-state index contributed by atoms with van der Waals surface area (Å²) in [6.07, 6.45) is 0.803. The molecule has 26 heavy (non-hydrogen) atoms. The first-order valence-electron chi connectivity index (χ1n) is 8.27. The molecule has 0 aromatic heterocycles. The third-order valence-corrected chi connectivity index (χ3v) is 4.38. The first-order chi connectivity index (χ1) is 12.4. The topological polar surface area (TPSA) is 112 Å². The van der Waals surface area contributed by atoms with Gasteiger partial charge < -0.3 is 15.3 Å². The van der Waals surface area contributed by atoms with Crippen molar-refractivity contribution < 1.29 is 29.7 Å². The minimum atomic E-state index is -1.23. The highest BCUT2D eigenvalue weighted by Crippen LogP contribution is 2.42.